The van der Waals surface area contributed by atoms with Crippen LogP contribution in [-0.2, 0) is 33.2 Å². The van der Waals surface area contributed by atoms with Crippen LogP contribution in [0, 0.1) is 33.5 Å². The fourth-order valence-corrected chi connectivity index (χ4v) is 20.0. The molecule has 0 aliphatic heterocycles. The lowest BCUT2D eigenvalue weighted by molar-refractivity contribution is -0.110. The molecule has 9 saturated carbocycles. The summed E-state index contributed by atoms with van der Waals surface area (Å²) in [6.07, 6.45) is 23.5. The number of aromatic hydroxyl groups is 2. The molecule has 9 fully saturated rings. The van der Waals surface area contributed by atoms with Crippen LogP contribution < -0.4 is 0 Å². The van der Waals surface area contributed by atoms with Gasteiger partial charge in [0.1, 0.15) is 11.5 Å². The third-order valence-corrected chi connectivity index (χ3v) is 20.7. The minimum Gasteiger partial charge on any atom is -0.507 e. The molecule has 4 heteroatoms. The Morgan fingerprint density at radius 3 is 1.16 bits per heavy atom. The van der Waals surface area contributed by atoms with Gasteiger partial charge in [-0.25, -0.2) is 0 Å². The number of benzene rings is 2. The summed E-state index contributed by atoms with van der Waals surface area (Å²) in [6, 6.07) is 9.72. The predicted octanol–water partition coefficient (Wildman–Crippen LogP) is 15.4. The Kier molecular flexibility index (Phi) is 10.2. The average Bonchev–Trinajstić information content (AvgIpc) is 3.04. The van der Waals surface area contributed by atoms with E-state index in [0.29, 0.717) is 43.7 Å². The van der Waals surface area contributed by atoms with Crippen LogP contribution in [0.4, 0.5) is 0 Å². The van der Waals surface area contributed by atoms with E-state index < -0.39 is 0 Å². The maximum Gasteiger partial charge on any atom is 0.123 e. The van der Waals surface area contributed by atoms with Gasteiger partial charge in [0.15, 0.2) is 0 Å². The lowest BCUT2D eigenvalue weighted by atomic mass is 9.39. The van der Waals surface area contributed by atoms with Gasteiger partial charge in [-0.05, 0) is 145 Å². The summed E-state index contributed by atoms with van der Waals surface area (Å²) in [5, 5.41) is 26.0. The van der Waals surface area contributed by atoms with Crippen LogP contribution in [0.1, 0.15) is 218 Å². The number of hydrogen-bond donors (Lipinski definition) is 2. The van der Waals surface area contributed by atoms with E-state index >= 15 is 0 Å². The molecule has 0 aromatic heterocycles. The molecule has 11 rings (SSSR count). The second-order valence-electron chi connectivity index (χ2n) is 26.1. The van der Waals surface area contributed by atoms with Crippen molar-refractivity contribution >= 4 is 23.5 Å². The van der Waals surface area contributed by atoms with E-state index in [9.17, 15) is 10.2 Å². The van der Waals surface area contributed by atoms with E-state index in [1.165, 1.54) is 149 Å². The molecule has 2 nitrogen and oxygen atoms in total. The van der Waals surface area contributed by atoms with E-state index in [1.54, 1.807) is 0 Å². The summed E-state index contributed by atoms with van der Waals surface area (Å²) in [7, 11) is 0. The van der Waals surface area contributed by atoms with Crippen LogP contribution in [0.2, 0.25) is 0 Å². The third kappa shape index (κ3) is 7.65. The monoisotopic (exact) mass is 825 g/mol. The number of phenols is 2. The zero-order chi connectivity index (χ0) is 41.3. The fraction of sp³-hybridized carbons (Fsp3) is 0.778. The molecule has 8 bridgehead atoms. The molecule has 0 saturated heterocycles. The first-order valence-electron chi connectivity index (χ1n) is 24.0. The lowest BCUT2D eigenvalue weighted by Gasteiger charge is -2.65. The van der Waals surface area contributed by atoms with Crippen molar-refractivity contribution in [3.05, 3.63) is 57.6 Å². The average molecular weight is 825 g/mol. The Hall–Kier alpha value is -1.26. The minimum absolute atomic E-state index is 0.0324. The Morgan fingerprint density at radius 1 is 0.500 bits per heavy atom. The molecule has 320 valence electrons. The molecule has 9 aliphatic carbocycles. The molecule has 9 aliphatic rings. The summed E-state index contributed by atoms with van der Waals surface area (Å²) >= 11 is 4.29. The topological polar surface area (TPSA) is 40.5 Å². The van der Waals surface area contributed by atoms with Gasteiger partial charge in [-0.15, -0.1) is 0 Å². The van der Waals surface area contributed by atoms with E-state index in [2.05, 4.69) is 117 Å². The summed E-state index contributed by atoms with van der Waals surface area (Å²) in [4.78, 5) is 0. The zero-order valence-electron chi connectivity index (χ0n) is 38.5. The molecule has 0 radical (unpaired) electrons. The molecular weight excluding hydrogens is 745 g/mol. The van der Waals surface area contributed by atoms with Gasteiger partial charge < -0.3 is 10.2 Å². The first-order chi connectivity index (χ1) is 27.0. The van der Waals surface area contributed by atoms with Gasteiger partial charge in [0, 0.05) is 55.1 Å². The van der Waals surface area contributed by atoms with E-state index in [0.717, 1.165) is 23.3 Å². The highest BCUT2D eigenvalue weighted by atomic mass is 32.2. The van der Waals surface area contributed by atoms with E-state index in [4.69, 9.17) is 0 Å². The molecule has 0 spiro atoms. The molecule has 58 heavy (non-hydrogen) atoms. The van der Waals surface area contributed by atoms with Crippen molar-refractivity contribution < 1.29 is 10.2 Å². The second kappa shape index (κ2) is 14.1. The predicted molar refractivity (Wildman–Crippen MR) is 250 cm³/mol. The van der Waals surface area contributed by atoms with Crippen molar-refractivity contribution in [1.29, 1.82) is 0 Å². The molecule has 2 aromatic carbocycles. The van der Waals surface area contributed by atoms with Crippen LogP contribution in [0.3, 0.4) is 0 Å². The van der Waals surface area contributed by atoms with Gasteiger partial charge in [-0.2, -0.15) is 23.5 Å². The van der Waals surface area contributed by atoms with Crippen molar-refractivity contribution in [2.24, 2.45) is 33.5 Å². The molecule has 2 N–H and O–H groups in total. The molecule has 0 amide bonds. The third-order valence-electron chi connectivity index (χ3n) is 17.6. The van der Waals surface area contributed by atoms with Crippen molar-refractivity contribution in [2.45, 2.75) is 228 Å². The van der Waals surface area contributed by atoms with Crippen molar-refractivity contribution in [3.63, 3.8) is 0 Å². The highest BCUT2D eigenvalue weighted by molar-refractivity contribution is 8.03. The van der Waals surface area contributed by atoms with Crippen LogP contribution >= 0.6 is 23.5 Å². The van der Waals surface area contributed by atoms with Crippen LogP contribution in [0.15, 0.2) is 24.3 Å². The number of rotatable bonds is 8. The molecule has 6 atom stereocenters. The highest BCUT2D eigenvalue weighted by Crippen LogP contribution is 2.72. The first-order valence-corrected chi connectivity index (χ1v) is 26.1. The maximum absolute atomic E-state index is 12.5. The van der Waals surface area contributed by atoms with E-state index in [1.807, 2.05) is 0 Å². The van der Waals surface area contributed by atoms with Gasteiger partial charge in [0.25, 0.3) is 0 Å². The summed E-state index contributed by atoms with van der Waals surface area (Å²) in [5.41, 5.74) is 9.68. The molecule has 2 aromatic rings. The Morgan fingerprint density at radius 2 is 0.845 bits per heavy atom. The second-order valence-corrected chi connectivity index (χ2v) is 28.5. The van der Waals surface area contributed by atoms with Crippen LogP contribution in [0.5, 0.6) is 11.5 Å². The Balaban J connectivity index is 0.996. The summed E-state index contributed by atoms with van der Waals surface area (Å²) in [6.45, 7) is 24.5. The van der Waals surface area contributed by atoms with Crippen LogP contribution in [-0.4, -0.2) is 20.7 Å². The summed E-state index contributed by atoms with van der Waals surface area (Å²) < 4.78 is 0. The van der Waals surface area contributed by atoms with Gasteiger partial charge in [-0.1, -0.05) is 119 Å². The van der Waals surface area contributed by atoms with Crippen molar-refractivity contribution in [3.8, 4) is 11.5 Å². The van der Waals surface area contributed by atoms with Crippen molar-refractivity contribution in [2.75, 3.05) is 0 Å². The molecule has 0 heterocycles. The Bertz CT molecular complexity index is 1740. The fourth-order valence-electron chi connectivity index (χ4n) is 17.0. The summed E-state index contributed by atoms with van der Waals surface area (Å²) in [5.74, 6) is 4.63. The standard InChI is InChI=1S/C54H80O2S2/c1-47(2,3)39-17-37(45(55)41(19-39)53-25-35-21-49(7,31-53)29-50(8,22-35)32-53)27-57-43-15-13-11-12-14-16-44(43)58-28-38-18-40(48(4,5)6)20-42(46(38)56)54-26-36-23-51(9,33-54)30-52(10,24-36)34-54/h17-20,35-36,43-44,55-56H,11-16,21-34H2,1-10H3. The zero-order valence-corrected chi connectivity index (χ0v) is 40.1. The Labute approximate surface area is 363 Å². The van der Waals surface area contributed by atoms with Gasteiger partial charge >= 0.3 is 0 Å². The first kappa shape index (κ1) is 42.1. The normalized spacial score (nSPS) is 40.9. The van der Waals surface area contributed by atoms with Crippen molar-refractivity contribution in [1.82, 2.24) is 0 Å². The molecule has 6 unspecified atom stereocenters. The maximum atomic E-state index is 12.5. The minimum atomic E-state index is 0.0324. The number of hydrogen-bond acceptors (Lipinski definition) is 4. The van der Waals surface area contributed by atoms with Gasteiger partial charge in [0.2, 0.25) is 0 Å². The molecular formula is C54H80O2S2. The smallest absolute Gasteiger partial charge is 0.123 e. The highest BCUT2D eigenvalue weighted by Gasteiger charge is 2.62. The van der Waals surface area contributed by atoms with Gasteiger partial charge in [0.05, 0.1) is 0 Å². The van der Waals surface area contributed by atoms with Crippen LogP contribution in [0.25, 0.3) is 0 Å². The number of phenolic OH excluding ortho intramolecular Hbond substituents is 2. The number of thioether (sulfide) groups is 2. The van der Waals surface area contributed by atoms with Gasteiger partial charge in [-0.3, -0.25) is 0 Å². The largest absolute Gasteiger partial charge is 0.507 e. The quantitative estimate of drug-likeness (QED) is 0.278. The SMILES string of the molecule is CC12CC3CC(C)(C1)CC(c1cc(C(C)(C)C)cc(CSC4CCCCCCC4SCc4cc(C(C)(C)C)cc(C56CC7CC(C)(CC(C)(C7)C5)C6)c4O)c1O)(C3)C2. The van der Waals surface area contributed by atoms with E-state index in [-0.39, 0.29) is 21.7 Å². The lowest BCUT2D eigenvalue weighted by Crippen LogP contribution is -2.56.